The Balaban J connectivity index is 1.78. The van der Waals surface area contributed by atoms with Crippen LogP contribution in [0.3, 0.4) is 0 Å². The van der Waals surface area contributed by atoms with Crippen LogP contribution in [0.5, 0.6) is 5.75 Å². The number of halogens is 1. The Morgan fingerprint density at radius 2 is 2.21 bits per heavy atom. The molecule has 1 amide bonds. The highest BCUT2D eigenvalue weighted by Gasteiger charge is 2.31. The number of hydrogen-bond acceptors (Lipinski definition) is 4. The van der Waals surface area contributed by atoms with E-state index in [1.54, 1.807) is 31.6 Å². The molecule has 0 N–H and O–H groups in total. The van der Waals surface area contributed by atoms with E-state index in [2.05, 4.69) is 28.6 Å². The number of amides is 1. The van der Waals surface area contributed by atoms with E-state index in [0.717, 1.165) is 12.2 Å². The first-order valence-electron chi connectivity index (χ1n) is 8.03. The van der Waals surface area contributed by atoms with Crippen molar-refractivity contribution >= 4 is 17.5 Å². The van der Waals surface area contributed by atoms with Crippen molar-refractivity contribution < 1.29 is 9.53 Å². The minimum atomic E-state index is -0.0369. The topological polar surface area (TPSA) is 60.2 Å². The monoisotopic (exact) mass is 348 g/mol. The van der Waals surface area contributed by atoms with E-state index in [-0.39, 0.29) is 11.9 Å². The lowest BCUT2D eigenvalue weighted by Crippen LogP contribution is -2.29. The zero-order chi connectivity index (χ0) is 17.3. The Morgan fingerprint density at radius 3 is 2.92 bits per heavy atom. The second kappa shape index (κ2) is 6.81. The second-order valence-corrected chi connectivity index (χ2v) is 6.73. The molecule has 3 rings (SSSR count). The Bertz CT molecular complexity index is 744. The molecule has 128 valence electrons. The van der Waals surface area contributed by atoms with Crippen molar-refractivity contribution in [3.05, 3.63) is 40.9 Å². The van der Waals surface area contributed by atoms with E-state index < -0.39 is 0 Å². The molecule has 2 aromatic rings. The molecule has 0 spiro atoms. The summed E-state index contributed by atoms with van der Waals surface area (Å²) in [5, 5.41) is 8.78. The fourth-order valence-corrected chi connectivity index (χ4v) is 3.27. The van der Waals surface area contributed by atoms with Crippen molar-refractivity contribution in [2.45, 2.75) is 32.2 Å². The molecule has 1 aliphatic rings. The van der Waals surface area contributed by atoms with Crippen molar-refractivity contribution in [2.75, 3.05) is 20.2 Å². The van der Waals surface area contributed by atoms with Crippen molar-refractivity contribution in [1.82, 2.24) is 19.7 Å². The van der Waals surface area contributed by atoms with Crippen LogP contribution >= 0.6 is 11.6 Å². The second-order valence-electron chi connectivity index (χ2n) is 6.29. The zero-order valence-electron chi connectivity index (χ0n) is 14.1. The summed E-state index contributed by atoms with van der Waals surface area (Å²) in [5.41, 5.74) is 0.537. The molecular formula is C17H21ClN4O2. The Hall–Kier alpha value is -2.08. The summed E-state index contributed by atoms with van der Waals surface area (Å²) in [4.78, 5) is 14.7. The van der Waals surface area contributed by atoms with Crippen LogP contribution in [0.2, 0.25) is 5.02 Å². The van der Waals surface area contributed by atoms with Crippen LogP contribution in [0.4, 0.5) is 0 Å². The van der Waals surface area contributed by atoms with Crippen molar-refractivity contribution in [3.8, 4) is 5.75 Å². The van der Waals surface area contributed by atoms with Gasteiger partial charge < -0.3 is 14.2 Å². The summed E-state index contributed by atoms with van der Waals surface area (Å²) < 4.78 is 7.39. The molecule has 0 radical (unpaired) electrons. The number of carbonyl (C=O) groups excluding carboxylic acids is 1. The van der Waals surface area contributed by atoms with Gasteiger partial charge in [0.1, 0.15) is 17.9 Å². The van der Waals surface area contributed by atoms with Gasteiger partial charge in [0.15, 0.2) is 0 Å². The molecule has 1 fully saturated rings. The SMILES string of the molecule is COc1cc(Cl)ccc1C(=O)N1CCC(n2cnnc2C(C)C)C1. The standard InChI is InChI=1S/C17H21ClN4O2/c1-11(2)16-20-19-10-22(16)13-6-7-21(9-13)17(23)14-5-4-12(18)8-15(14)24-3/h4-5,8,10-11,13H,6-7,9H2,1-3H3. The minimum absolute atomic E-state index is 0.0369. The van der Waals surface area contributed by atoms with Gasteiger partial charge in [-0.15, -0.1) is 10.2 Å². The molecule has 0 aliphatic carbocycles. The summed E-state index contributed by atoms with van der Waals surface area (Å²) in [5.74, 6) is 1.72. The average molecular weight is 349 g/mol. The van der Waals surface area contributed by atoms with Gasteiger partial charge in [0, 0.05) is 24.0 Å². The molecule has 1 saturated heterocycles. The first kappa shape index (κ1) is 16.8. The summed E-state index contributed by atoms with van der Waals surface area (Å²) in [6, 6.07) is 5.30. The fourth-order valence-electron chi connectivity index (χ4n) is 3.11. The Kier molecular flexibility index (Phi) is 4.76. The van der Waals surface area contributed by atoms with Crippen molar-refractivity contribution in [1.29, 1.82) is 0 Å². The number of rotatable bonds is 4. The normalized spacial score (nSPS) is 17.5. The van der Waals surface area contributed by atoms with E-state index in [1.807, 2.05) is 4.90 Å². The van der Waals surface area contributed by atoms with E-state index in [9.17, 15) is 4.79 Å². The Morgan fingerprint density at radius 1 is 1.42 bits per heavy atom. The van der Waals surface area contributed by atoms with Gasteiger partial charge >= 0.3 is 0 Å². The molecule has 1 aromatic heterocycles. The molecule has 6 nitrogen and oxygen atoms in total. The number of ether oxygens (including phenoxy) is 1. The maximum Gasteiger partial charge on any atom is 0.257 e. The first-order chi connectivity index (χ1) is 11.5. The highest BCUT2D eigenvalue weighted by molar-refractivity contribution is 6.30. The van der Waals surface area contributed by atoms with Crippen molar-refractivity contribution in [3.63, 3.8) is 0 Å². The molecule has 24 heavy (non-hydrogen) atoms. The average Bonchev–Trinajstić information content (AvgIpc) is 3.22. The van der Waals surface area contributed by atoms with Gasteiger partial charge in [0.05, 0.1) is 18.7 Å². The third kappa shape index (κ3) is 3.11. The lowest BCUT2D eigenvalue weighted by molar-refractivity contribution is 0.0784. The summed E-state index contributed by atoms with van der Waals surface area (Å²) in [6.45, 7) is 5.53. The molecule has 0 saturated carbocycles. The number of nitrogens with zero attached hydrogens (tertiary/aromatic N) is 4. The van der Waals surface area contributed by atoms with Crippen molar-refractivity contribution in [2.24, 2.45) is 0 Å². The zero-order valence-corrected chi connectivity index (χ0v) is 14.8. The molecule has 2 heterocycles. The van der Waals surface area contributed by atoms with Gasteiger partial charge in [0.25, 0.3) is 5.91 Å². The first-order valence-corrected chi connectivity index (χ1v) is 8.41. The summed E-state index contributed by atoms with van der Waals surface area (Å²) in [6.07, 6.45) is 2.65. The number of hydrogen-bond donors (Lipinski definition) is 0. The summed E-state index contributed by atoms with van der Waals surface area (Å²) >= 11 is 5.98. The number of carbonyl (C=O) groups is 1. The van der Waals surface area contributed by atoms with Crippen LogP contribution in [0.15, 0.2) is 24.5 Å². The van der Waals surface area contributed by atoms with Crippen LogP contribution in [-0.2, 0) is 0 Å². The number of methoxy groups -OCH3 is 1. The minimum Gasteiger partial charge on any atom is -0.496 e. The van der Waals surface area contributed by atoms with Crippen LogP contribution in [-0.4, -0.2) is 45.8 Å². The largest absolute Gasteiger partial charge is 0.496 e. The molecular weight excluding hydrogens is 328 g/mol. The molecule has 1 atom stereocenters. The van der Waals surface area contributed by atoms with Gasteiger partial charge in [-0.2, -0.15) is 0 Å². The number of aromatic nitrogens is 3. The van der Waals surface area contributed by atoms with Gasteiger partial charge in [-0.1, -0.05) is 25.4 Å². The lowest BCUT2D eigenvalue weighted by atomic mass is 10.1. The van der Waals surface area contributed by atoms with Crippen LogP contribution in [0.1, 0.15) is 48.4 Å². The highest BCUT2D eigenvalue weighted by atomic mass is 35.5. The smallest absolute Gasteiger partial charge is 0.257 e. The third-order valence-electron chi connectivity index (χ3n) is 4.36. The predicted molar refractivity (Wildman–Crippen MR) is 91.7 cm³/mol. The number of likely N-dealkylation sites (tertiary alicyclic amines) is 1. The van der Waals surface area contributed by atoms with Crippen LogP contribution < -0.4 is 4.74 Å². The lowest BCUT2D eigenvalue weighted by Gasteiger charge is -2.19. The molecule has 1 aromatic carbocycles. The van der Waals surface area contributed by atoms with Gasteiger partial charge in [0.2, 0.25) is 0 Å². The molecule has 1 aliphatic heterocycles. The maximum absolute atomic E-state index is 12.8. The van der Waals surface area contributed by atoms with Gasteiger partial charge in [-0.25, -0.2) is 0 Å². The van der Waals surface area contributed by atoms with Crippen LogP contribution in [0, 0.1) is 0 Å². The Labute approximate surface area is 146 Å². The van der Waals surface area contributed by atoms with E-state index in [1.165, 1.54) is 0 Å². The molecule has 0 bridgehead atoms. The third-order valence-corrected chi connectivity index (χ3v) is 4.59. The van der Waals surface area contributed by atoms with Gasteiger partial charge in [-0.05, 0) is 24.6 Å². The fraction of sp³-hybridized carbons (Fsp3) is 0.471. The predicted octanol–water partition coefficient (Wildman–Crippen LogP) is 3.15. The van der Waals surface area contributed by atoms with E-state index in [4.69, 9.17) is 16.3 Å². The maximum atomic E-state index is 12.8. The molecule has 7 heteroatoms. The van der Waals surface area contributed by atoms with E-state index >= 15 is 0 Å². The van der Waals surface area contributed by atoms with Gasteiger partial charge in [-0.3, -0.25) is 4.79 Å². The van der Waals surface area contributed by atoms with Crippen LogP contribution in [0.25, 0.3) is 0 Å². The highest BCUT2D eigenvalue weighted by Crippen LogP contribution is 2.29. The van der Waals surface area contributed by atoms with E-state index in [0.29, 0.717) is 35.3 Å². The molecule has 1 unspecified atom stereocenters. The number of benzene rings is 1. The summed E-state index contributed by atoms with van der Waals surface area (Å²) in [7, 11) is 1.54. The quantitative estimate of drug-likeness (QED) is 0.851.